The van der Waals surface area contributed by atoms with Gasteiger partial charge in [0.05, 0.1) is 21.3 Å². The van der Waals surface area contributed by atoms with E-state index in [2.05, 4.69) is 0 Å². The Morgan fingerprint density at radius 3 is 1.95 bits per heavy atom. The van der Waals surface area contributed by atoms with Crippen LogP contribution < -0.4 is 14.2 Å². The lowest BCUT2D eigenvalue weighted by Crippen LogP contribution is -1.94. The smallest absolute Gasteiger partial charge is 0.150 e. The Balaban J connectivity index is 2.67. The molecule has 0 radical (unpaired) electrons. The number of carbonyl (C=O) groups excluding carboxylic acids is 1. The summed E-state index contributed by atoms with van der Waals surface area (Å²) in [6.07, 6.45) is 0.801. The van der Waals surface area contributed by atoms with Crippen LogP contribution in [0.15, 0.2) is 36.4 Å². The van der Waals surface area contributed by atoms with Gasteiger partial charge in [-0.25, -0.2) is 0 Å². The van der Waals surface area contributed by atoms with Gasteiger partial charge in [-0.1, -0.05) is 0 Å². The highest BCUT2D eigenvalue weighted by atomic mass is 16.5. The van der Waals surface area contributed by atoms with Crippen molar-refractivity contribution in [3.8, 4) is 28.4 Å². The lowest BCUT2D eigenvalue weighted by atomic mass is 10.0. The molecule has 0 aliphatic heterocycles. The fourth-order valence-corrected chi connectivity index (χ4v) is 2.03. The van der Waals surface area contributed by atoms with Crippen LogP contribution in [0.3, 0.4) is 0 Å². The molecule has 0 aromatic heterocycles. The molecule has 0 aliphatic carbocycles. The number of aldehydes is 1. The van der Waals surface area contributed by atoms with Crippen LogP contribution in [0.25, 0.3) is 11.1 Å². The monoisotopic (exact) mass is 272 g/mol. The zero-order chi connectivity index (χ0) is 14.5. The van der Waals surface area contributed by atoms with E-state index in [4.69, 9.17) is 14.2 Å². The summed E-state index contributed by atoms with van der Waals surface area (Å²) in [4.78, 5) is 11.0. The summed E-state index contributed by atoms with van der Waals surface area (Å²) in [6.45, 7) is 0. The van der Waals surface area contributed by atoms with Crippen LogP contribution in [0, 0.1) is 0 Å². The number of benzene rings is 2. The minimum atomic E-state index is 0.575. The summed E-state index contributed by atoms with van der Waals surface area (Å²) in [6, 6.07) is 10.7. The molecular weight excluding hydrogens is 256 g/mol. The van der Waals surface area contributed by atoms with Crippen molar-refractivity contribution in [1.82, 2.24) is 0 Å². The highest BCUT2D eigenvalue weighted by molar-refractivity contribution is 5.84. The number of methoxy groups -OCH3 is 3. The minimum absolute atomic E-state index is 0.575. The average molecular weight is 272 g/mol. The van der Waals surface area contributed by atoms with Gasteiger partial charge in [0, 0.05) is 16.7 Å². The Bertz CT molecular complexity index is 620. The standard InChI is InChI=1S/C16H16O4/c1-18-12-5-7-16(20-3)14(9-12)13-8-11(10-17)4-6-15(13)19-2/h4-10H,1-3H3. The van der Waals surface area contributed by atoms with Crippen molar-refractivity contribution in [2.75, 3.05) is 21.3 Å². The highest BCUT2D eigenvalue weighted by Gasteiger charge is 2.13. The Morgan fingerprint density at radius 1 is 0.800 bits per heavy atom. The van der Waals surface area contributed by atoms with Crippen LogP contribution in [-0.4, -0.2) is 27.6 Å². The molecule has 0 amide bonds. The number of rotatable bonds is 5. The van der Waals surface area contributed by atoms with Crippen molar-refractivity contribution in [1.29, 1.82) is 0 Å². The summed E-state index contributed by atoms with van der Waals surface area (Å²) in [5.41, 5.74) is 2.17. The third-order valence-electron chi connectivity index (χ3n) is 3.06. The molecule has 2 aromatic rings. The first kappa shape index (κ1) is 13.9. The summed E-state index contributed by atoms with van der Waals surface area (Å²) in [5, 5.41) is 0. The van der Waals surface area contributed by atoms with Crippen molar-refractivity contribution >= 4 is 6.29 Å². The van der Waals surface area contributed by atoms with Gasteiger partial charge in [-0.05, 0) is 36.4 Å². The summed E-state index contributed by atoms with van der Waals surface area (Å²) >= 11 is 0. The first-order chi connectivity index (χ1) is 9.73. The maximum absolute atomic E-state index is 11.0. The van der Waals surface area contributed by atoms with Crippen molar-refractivity contribution in [3.05, 3.63) is 42.0 Å². The second-order valence-electron chi connectivity index (χ2n) is 4.14. The summed E-state index contributed by atoms with van der Waals surface area (Å²) < 4.78 is 16.0. The maximum atomic E-state index is 11.0. The third-order valence-corrected chi connectivity index (χ3v) is 3.06. The quantitative estimate of drug-likeness (QED) is 0.784. The van der Waals surface area contributed by atoms with Crippen LogP contribution >= 0.6 is 0 Å². The van der Waals surface area contributed by atoms with E-state index in [0.29, 0.717) is 22.8 Å². The summed E-state index contributed by atoms with van der Waals surface area (Å²) in [5.74, 6) is 2.06. The lowest BCUT2D eigenvalue weighted by Gasteiger charge is -2.14. The van der Waals surface area contributed by atoms with E-state index in [1.165, 1.54) is 0 Å². The molecule has 0 aliphatic rings. The summed E-state index contributed by atoms with van der Waals surface area (Å²) in [7, 11) is 4.79. The van der Waals surface area contributed by atoms with Crippen LogP contribution in [-0.2, 0) is 0 Å². The molecule has 0 N–H and O–H groups in total. The van der Waals surface area contributed by atoms with Gasteiger partial charge >= 0.3 is 0 Å². The Labute approximate surface area is 117 Å². The van der Waals surface area contributed by atoms with Crippen LogP contribution in [0.5, 0.6) is 17.2 Å². The fourth-order valence-electron chi connectivity index (χ4n) is 2.03. The van der Waals surface area contributed by atoms with E-state index in [1.54, 1.807) is 39.5 Å². The van der Waals surface area contributed by atoms with Crippen molar-refractivity contribution in [3.63, 3.8) is 0 Å². The number of carbonyl (C=O) groups is 1. The number of hydrogen-bond donors (Lipinski definition) is 0. The molecule has 0 saturated carbocycles. The molecule has 4 nitrogen and oxygen atoms in total. The molecule has 104 valence electrons. The van der Waals surface area contributed by atoms with Gasteiger partial charge in [-0.15, -0.1) is 0 Å². The molecule has 0 unspecified atom stereocenters. The van der Waals surface area contributed by atoms with Crippen molar-refractivity contribution in [2.45, 2.75) is 0 Å². The van der Waals surface area contributed by atoms with E-state index in [9.17, 15) is 4.79 Å². The van der Waals surface area contributed by atoms with Gasteiger partial charge < -0.3 is 14.2 Å². The number of hydrogen-bond acceptors (Lipinski definition) is 4. The molecule has 0 bridgehead atoms. The SMILES string of the molecule is COc1ccc(OC)c(-c2cc(C=O)ccc2OC)c1. The Hall–Kier alpha value is -2.49. The fraction of sp³-hybridized carbons (Fsp3) is 0.188. The first-order valence-corrected chi connectivity index (χ1v) is 6.09. The maximum Gasteiger partial charge on any atom is 0.150 e. The topological polar surface area (TPSA) is 44.8 Å². The average Bonchev–Trinajstić information content (AvgIpc) is 2.53. The second kappa shape index (κ2) is 6.10. The minimum Gasteiger partial charge on any atom is -0.497 e. The van der Waals surface area contributed by atoms with Gasteiger partial charge in [0.2, 0.25) is 0 Å². The van der Waals surface area contributed by atoms with Crippen molar-refractivity contribution < 1.29 is 19.0 Å². The molecule has 4 heteroatoms. The largest absolute Gasteiger partial charge is 0.497 e. The van der Waals surface area contributed by atoms with Crippen LogP contribution in [0.2, 0.25) is 0 Å². The van der Waals surface area contributed by atoms with Crippen LogP contribution in [0.4, 0.5) is 0 Å². The zero-order valence-electron chi connectivity index (χ0n) is 11.7. The van der Waals surface area contributed by atoms with E-state index in [1.807, 2.05) is 18.2 Å². The first-order valence-electron chi connectivity index (χ1n) is 6.09. The van der Waals surface area contributed by atoms with E-state index < -0.39 is 0 Å². The normalized spacial score (nSPS) is 9.95. The molecule has 2 aromatic carbocycles. The van der Waals surface area contributed by atoms with E-state index >= 15 is 0 Å². The molecule has 2 rings (SSSR count). The van der Waals surface area contributed by atoms with Gasteiger partial charge in [0.25, 0.3) is 0 Å². The van der Waals surface area contributed by atoms with Crippen LogP contribution in [0.1, 0.15) is 10.4 Å². The molecule has 0 saturated heterocycles. The van der Waals surface area contributed by atoms with E-state index in [-0.39, 0.29) is 0 Å². The molecule has 0 spiro atoms. The molecule has 0 fully saturated rings. The predicted molar refractivity (Wildman–Crippen MR) is 76.9 cm³/mol. The molecule has 20 heavy (non-hydrogen) atoms. The zero-order valence-corrected chi connectivity index (χ0v) is 11.7. The highest BCUT2D eigenvalue weighted by Crippen LogP contribution is 2.38. The Kier molecular flexibility index (Phi) is 4.25. The van der Waals surface area contributed by atoms with Gasteiger partial charge in [-0.3, -0.25) is 4.79 Å². The van der Waals surface area contributed by atoms with Crippen molar-refractivity contribution in [2.24, 2.45) is 0 Å². The second-order valence-corrected chi connectivity index (χ2v) is 4.14. The van der Waals surface area contributed by atoms with Gasteiger partial charge in [0.1, 0.15) is 23.5 Å². The Morgan fingerprint density at radius 2 is 1.40 bits per heavy atom. The predicted octanol–water partition coefficient (Wildman–Crippen LogP) is 3.19. The van der Waals surface area contributed by atoms with E-state index in [0.717, 1.165) is 17.4 Å². The van der Waals surface area contributed by atoms with Gasteiger partial charge in [0.15, 0.2) is 0 Å². The molecular formula is C16H16O4. The molecule has 0 atom stereocenters. The third kappa shape index (κ3) is 2.59. The molecule has 0 heterocycles. The van der Waals surface area contributed by atoms with Gasteiger partial charge in [-0.2, -0.15) is 0 Å². The number of ether oxygens (including phenoxy) is 3. The lowest BCUT2D eigenvalue weighted by molar-refractivity contribution is 0.112.